The van der Waals surface area contributed by atoms with Crippen LogP contribution in [0, 0.1) is 5.82 Å². The number of carbonyl (C=O) groups is 1. The van der Waals surface area contributed by atoms with Gasteiger partial charge in [0.2, 0.25) is 0 Å². The largest absolute Gasteiger partial charge is 0.417 e. The highest BCUT2D eigenvalue weighted by Gasteiger charge is 2.33. The van der Waals surface area contributed by atoms with Crippen molar-refractivity contribution in [3.05, 3.63) is 94.4 Å². The van der Waals surface area contributed by atoms with Gasteiger partial charge < -0.3 is 5.32 Å². The standard InChI is InChI=1S/C24H13ClF4N4O/c25-20-7-6-16(11-19(20)24(27,28)29)33-12-22(31-32-33)14-3-1-13(2-4-14)9-18-17-10-15(26)5-8-21(17)30-23(18)34/h1-12H,(H,30,34)/b18-9-. The molecule has 0 saturated carbocycles. The van der Waals surface area contributed by atoms with Gasteiger partial charge in [0.1, 0.15) is 11.5 Å². The van der Waals surface area contributed by atoms with Gasteiger partial charge in [-0.15, -0.1) is 5.10 Å². The Morgan fingerprint density at radius 3 is 2.50 bits per heavy atom. The molecular weight excluding hydrogens is 472 g/mol. The third kappa shape index (κ3) is 4.06. The molecular formula is C24H13ClF4N4O. The van der Waals surface area contributed by atoms with Gasteiger partial charge in [-0.2, -0.15) is 13.2 Å². The number of carbonyl (C=O) groups excluding carboxylic acids is 1. The van der Waals surface area contributed by atoms with Gasteiger partial charge in [-0.05, 0) is 48.0 Å². The van der Waals surface area contributed by atoms with E-state index in [1.54, 1.807) is 30.3 Å². The minimum atomic E-state index is -4.59. The molecule has 170 valence electrons. The van der Waals surface area contributed by atoms with Crippen LogP contribution in [0.5, 0.6) is 0 Å². The molecule has 0 saturated heterocycles. The number of anilines is 1. The molecule has 0 aliphatic carbocycles. The van der Waals surface area contributed by atoms with Crippen LogP contribution in [0.15, 0.2) is 66.9 Å². The highest BCUT2D eigenvalue weighted by Crippen LogP contribution is 2.36. The molecule has 0 unspecified atom stereocenters. The van der Waals surface area contributed by atoms with E-state index in [0.717, 1.165) is 12.1 Å². The average molecular weight is 485 g/mol. The van der Waals surface area contributed by atoms with Gasteiger partial charge in [0.25, 0.3) is 5.91 Å². The third-order valence-corrected chi connectivity index (χ3v) is 5.62. The Balaban J connectivity index is 1.42. The van der Waals surface area contributed by atoms with Gasteiger partial charge in [0, 0.05) is 22.4 Å². The van der Waals surface area contributed by atoms with Crippen LogP contribution in [0.4, 0.5) is 23.2 Å². The summed E-state index contributed by atoms with van der Waals surface area (Å²) in [5, 5.41) is 10.3. The lowest BCUT2D eigenvalue weighted by Crippen LogP contribution is -2.07. The number of benzene rings is 3. The smallest absolute Gasteiger partial charge is 0.321 e. The van der Waals surface area contributed by atoms with Crippen LogP contribution in [0.25, 0.3) is 28.6 Å². The number of aromatic nitrogens is 3. The first kappa shape index (κ1) is 21.8. The molecule has 1 aliphatic heterocycles. The second kappa shape index (κ2) is 8.11. The Labute approximate surface area is 195 Å². The van der Waals surface area contributed by atoms with Crippen molar-refractivity contribution in [2.45, 2.75) is 6.18 Å². The van der Waals surface area contributed by atoms with E-state index in [2.05, 4.69) is 15.6 Å². The maximum absolute atomic E-state index is 13.6. The number of alkyl halides is 3. The number of amides is 1. The molecule has 0 bridgehead atoms. The molecule has 5 rings (SSSR count). The SMILES string of the molecule is O=C1Nc2ccc(F)cc2/C1=C/c1ccc(-c2cn(-c3ccc(Cl)c(C(F)(F)F)c3)nn2)cc1. The second-order valence-electron chi connectivity index (χ2n) is 7.53. The van der Waals surface area contributed by atoms with Gasteiger partial charge in [-0.3, -0.25) is 4.79 Å². The Morgan fingerprint density at radius 1 is 1.00 bits per heavy atom. The zero-order valence-corrected chi connectivity index (χ0v) is 17.8. The molecule has 0 atom stereocenters. The molecule has 1 aliphatic rings. The summed E-state index contributed by atoms with van der Waals surface area (Å²) in [6, 6.07) is 14.5. The lowest BCUT2D eigenvalue weighted by atomic mass is 10.0. The summed E-state index contributed by atoms with van der Waals surface area (Å²) in [6.45, 7) is 0. The molecule has 4 aromatic rings. The van der Waals surface area contributed by atoms with Crippen LogP contribution in [0.1, 0.15) is 16.7 Å². The van der Waals surface area contributed by atoms with Crippen LogP contribution in [-0.4, -0.2) is 20.9 Å². The van der Waals surface area contributed by atoms with E-state index < -0.39 is 22.6 Å². The number of fused-ring (bicyclic) bond motifs is 1. The lowest BCUT2D eigenvalue weighted by molar-refractivity contribution is -0.137. The van der Waals surface area contributed by atoms with Crippen LogP contribution < -0.4 is 5.32 Å². The van der Waals surface area contributed by atoms with Crippen LogP contribution in [0.2, 0.25) is 5.02 Å². The fourth-order valence-corrected chi connectivity index (χ4v) is 3.84. The number of nitrogens with zero attached hydrogens (tertiary/aromatic N) is 3. The molecule has 10 heteroatoms. The quantitative estimate of drug-likeness (QED) is 0.277. The molecule has 2 heterocycles. The van der Waals surface area contributed by atoms with E-state index in [1.807, 2.05) is 0 Å². The lowest BCUT2D eigenvalue weighted by Gasteiger charge is -2.10. The molecule has 0 radical (unpaired) electrons. The van der Waals surface area contributed by atoms with E-state index in [0.29, 0.717) is 33.6 Å². The molecule has 1 aromatic heterocycles. The van der Waals surface area contributed by atoms with Crippen molar-refractivity contribution in [2.24, 2.45) is 0 Å². The van der Waals surface area contributed by atoms with Crippen LogP contribution in [-0.2, 0) is 11.0 Å². The topological polar surface area (TPSA) is 59.8 Å². The minimum Gasteiger partial charge on any atom is -0.321 e. The molecule has 34 heavy (non-hydrogen) atoms. The van der Waals surface area contributed by atoms with Gasteiger partial charge in [-0.25, -0.2) is 9.07 Å². The maximum atomic E-state index is 13.6. The minimum absolute atomic E-state index is 0.162. The fourth-order valence-electron chi connectivity index (χ4n) is 3.62. The van der Waals surface area contributed by atoms with E-state index in [1.165, 1.54) is 35.1 Å². The predicted octanol–water partition coefficient (Wildman–Crippen LogP) is 6.24. The van der Waals surface area contributed by atoms with Crippen LogP contribution >= 0.6 is 11.6 Å². The first-order valence-corrected chi connectivity index (χ1v) is 10.3. The van der Waals surface area contributed by atoms with Gasteiger partial charge in [0.15, 0.2) is 0 Å². The molecule has 0 spiro atoms. The van der Waals surface area contributed by atoms with E-state index in [9.17, 15) is 22.4 Å². The predicted molar refractivity (Wildman–Crippen MR) is 120 cm³/mol. The summed E-state index contributed by atoms with van der Waals surface area (Å²) in [5.74, 6) is -0.767. The van der Waals surface area contributed by atoms with E-state index in [-0.39, 0.29) is 11.6 Å². The van der Waals surface area contributed by atoms with Crippen molar-refractivity contribution in [3.8, 4) is 16.9 Å². The summed E-state index contributed by atoms with van der Waals surface area (Å²) >= 11 is 5.68. The summed E-state index contributed by atoms with van der Waals surface area (Å²) in [6.07, 6.45) is -1.45. The average Bonchev–Trinajstić information content (AvgIpc) is 3.39. The molecule has 3 aromatic carbocycles. The van der Waals surface area contributed by atoms with Crippen molar-refractivity contribution in [2.75, 3.05) is 5.32 Å². The highest BCUT2D eigenvalue weighted by atomic mass is 35.5. The van der Waals surface area contributed by atoms with Gasteiger partial charge in [0.05, 0.1) is 22.5 Å². The van der Waals surface area contributed by atoms with Gasteiger partial charge in [-0.1, -0.05) is 41.1 Å². The van der Waals surface area contributed by atoms with Crippen molar-refractivity contribution in [3.63, 3.8) is 0 Å². The van der Waals surface area contributed by atoms with Crippen molar-refractivity contribution in [1.29, 1.82) is 0 Å². The zero-order chi connectivity index (χ0) is 24.0. The number of nitrogens with one attached hydrogen (secondary N) is 1. The first-order chi connectivity index (χ1) is 16.2. The highest BCUT2D eigenvalue weighted by molar-refractivity contribution is 6.35. The third-order valence-electron chi connectivity index (χ3n) is 5.30. The number of hydrogen-bond acceptors (Lipinski definition) is 3. The monoisotopic (exact) mass is 484 g/mol. The van der Waals surface area contributed by atoms with Gasteiger partial charge >= 0.3 is 6.18 Å². The fraction of sp³-hybridized carbons (Fsp3) is 0.0417. The van der Waals surface area contributed by atoms with Crippen molar-refractivity contribution >= 4 is 34.8 Å². The Bertz CT molecular complexity index is 1460. The summed E-state index contributed by atoms with van der Waals surface area (Å²) in [4.78, 5) is 12.3. The first-order valence-electron chi connectivity index (χ1n) is 9.92. The molecule has 1 amide bonds. The summed E-state index contributed by atoms with van der Waals surface area (Å²) in [5.41, 5.74) is 2.38. The Morgan fingerprint density at radius 2 is 1.76 bits per heavy atom. The summed E-state index contributed by atoms with van der Waals surface area (Å²) in [7, 11) is 0. The van der Waals surface area contributed by atoms with E-state index in [4.69, 9.17) is 11.6 Å². The molecule has 1 N–H and O–H groups in total. The summed E-state index contributed by atoms with van der Waals surface area (Å²) < 4.78 is 54.3. The van der Waals surface area contributed by atoms with Crippen molar-refractivity contribution < 1.29 is 22.4 Å². The normalized spacial score (nSPS) is 14.4. The van der Waals surface area contributed by atoms with Crippen molar-refractivity contribution in [1.82, 2.24) is 15.0 Å². The number of halogens is 5. The van der Waals surface area contributed by atoms with E-state index >= 15 is 0 Å². The molecule has 5 nitrogen and oxygen atoms in total. The Kier molecular flexibility index (Phi) is 5.21. The zero-order valence-electron chi connectivity index (χ0n) is 17.1. The number of rotatable bonds is 3. The van der Waals surface area contributed by atoms with Crippen LogP contribution in [0.3, 0.4) is 0 Å². The number of hydrogen-bond donors (Lipinski definition) is 1. The maximum Gasteiger partial charge on any atom is 0.417 e. The molecule has 0 fully saturated rings. The second-order valence-corrected chi connectivity index (χ2v) is 7.94. The Hall–Kier alpha value is -3.98.